The maximum Gasteiger partial charge on any atom is 0.199 e. The molecule has 0 amide bonds. The second-order valence-corrected chi connectivity index (χ2v) is 5.66. The van der Waals surface area contributed by atoms with Crippen molar-refractivity contribution in [1.82, 2.24) is 4.98 Å². The predicted molar refractivity (Wildman–Crippen MR) is 84.9 cm³/mol. The molecule has 3 rings (SSSR count). The highest BCUT2D eigenvalue weighted by molar-refractivity contribution is 6.22. The minimum atomic E-state index is -0.436. The Kier molecular flexibility index (Phi) is 4.03. The average Bonchev–Trinajstić information content (AvgIpc) is 3.11. The summed E-state index contributed by atoms with van der Waals surface area (Å²) in [6.45, 7) is 2.66. The Morgan fingerprint density at radius 2 is 2.43 bits per heavy atom. The van der Waals surface area contributed by atoms with Gasteiger partial charge in [0, 0.05) is 29.9 Å². The normalized spacial score (nSPS) is 18.8. The first-order chi connectivity index (χ1) is 10.2. The van der Waals surface area contributed by atoms with E-state index in [0.717, 1.165) is 35.7 Å². The minimum absolute atomic E-state index is 0.160. The molecule has 5 nitrogen and oxygen atoms in total. The molecular weight excluding hydrogens is 288 g/mol. The lowest BCUT2D eigenvalue weighted by Crippen LogP contribution is -2.32. The van der Waals surface area contributed by atoms with Crippen LogP contribution in [0.15, 0.2) is 33.9 Å². The SMILES string of the molecule is CC[C@H](N)Cc1cc2c([nH]1)N(Cc1ccco1)C(Cl)N=C2. The highest BCUT2D eigenvalue weighted by Gasteiger charge is 2.25. The number of nitrogens with one attached hydrogen (secondary N) is 1. The topological polar surface area (TPSA) is 70.6 Å². The number of hydrogen-bond donors (Lipinski definition) is 2. The maximum absolute atomic E-state index is 6.31. The molecule has 1 unspecified atom stereocenters. The number of anilines is 1. The summed E-state index contributed by atoms with van der Waals surface area (Å²) < 4.78 is 5.40. The number of aromatic amines is 1. The predicted octanol–water partition coefficient (Wildman–Crippen LogP) is 2.85. The largest absolute Gasteiger partial charge is 0.467 e. The fraction of sp³-hybridized carbons (Fsp3) is 0.400. The lowest BCUT2D eigenvalue weighted by atomic mass is 10.1. The van der Waals surface area contributed by atoms with E-state index in [1.807, 2.05) is 23.2 Å². The lowest BCUT2D eigenvalue weighted by molar-refractivity contribution is 0.498. The summed E-state index contributed by atoms with van der Waals surface area (Å²) in [7, 11) is 0. The number of fused-ring (bicyclic) bond motifs is 1. The summed E-state index contributed by atoms with van der Waals surface area (Å²) in [6, 6.07) is 6.05. The Bertz CT molecular complexity index is 620. The molecule has 1 aliphatic rings. The van der Waals surface area contributed by atoms with Gasteiger partial charge in [-0.25, -0.2) is 0 Å². The van der Waals surface area contributed by atoms with E-state index in [1.54, 1.807) is 6.26 Å². The fourth-order valence-electron chi connectivity index (χ4n) is 2.44. The zero-order valence-corrected chi connectivity index (χ0v) is 12.7. The van der Waals surface area contributed by atoms with Crippen molar-refractivity contribution in [2.45, 2.75) is 38.0 Å². The van der Waals surface area contributed by atoms with Crippen LogP contribution in [0.1, 0.15) is 30.4 Å². The van der Waals surface area contributed by atoms with Crippen LogP contribution in [0.25, 0.3) is 0 Å². The Morgan fingerprint density at radius 1 is 1.57 bits per heavy atom. The molecule has 2 atom stereocenters. The van der Waals surface area contributed by atoms with Gasteiger partial charge in [-0.3, -0.25) is 4.99 Å². The number of halogens is 1. The van der Waals surface area contributed by atoms with Gasteiger partial charge in [-0.15, -0.1) is 0 Å². The van der Waals surface area contributed by atoms with Crippen LogP contribution < -0.4 is 10.6 Å². The van der Waals surface area contributed by atoms with Crippen molar-refractivity contribution in [2.24, 2.45) is 10.7 Å². The number of rotatable bonds is 5. The van der Waals surface area contributed by atoms with Crippen molar-refractivity contribution in [3.05, 3.63) is 41.5 Å². The van der Waals surface area contributed by atoms with Crippen LogP contribution in [-0.2, 0) is 13.0 Å². The van der Waals surface area contributed by atoms with Gasteiger partial charge in [0.1, 0.15) is 11.6 Å². The summed E-state index contributed by atoms with van der Waals surface area (Å²) in [6.07, 6.45) is 5.24. The van der Waals surface area contributed by atoms with E-state index in [0.29, 0.717) is 6.54 Å². The van der Waals surface area contributed by atoms with Crippen LogP contribution in [-0.4, -0.2) is 22.9 Å². The quantitative estimate of drug-likeness (QED) is 0.659. The number of nitrogens with zero attached hydrogens (tertiary/aromatic N) is 2. The molecular formula is C15H19ClN4O. The summed E-state index contributed by atoms with van der Waals surface area (Å²) in [4.78, 5) is 9.72. The monoisotopic (exact) mass is 306 g/mol. The molecule has 0 saturated heterocycles. The van der Waals surface area contributed by atoms with Gasteiger partial charge in [-0.1, -0.05) is 18.5 Å². The van der Waals surface area contributed by atoms with Crippen molar-refractivity contribution in [3.63, 3.8) is 0 Å². The maximum atomic E-state index is 6.31. The van der Waals surface area contributed by atoms with Gasteiger partial charge in [0.15, 0.2) is 5.62 Å². The number of alkyl halides is 1. The first-order valence-corrected chi connectivity index (χ1v) is 7.54. The van der Waals surface area contributed by atoms with Gasteiger partial charge in [0.05, 0.1) is 12.8 Å². The third-order valence-electron chi connectivity index (χ3n) is 3.68. The third-order valence-corrected chi connectivity index (χ3v) is 4.02. The molecule has 0 radical (unpaired) electrons. The summed E-state index contributed by atoms with van der Waals surface area (Å²) in [5.41, 5.74) is 7.74. The molecule has 0 saturated carbocycles. The van der Waals surface area contributed by atoms with E-state index in [9.17, 15) is 0 Å². The van der Waals surface area contributed by atoms with E-state index < -0.39 is 5.62 Å². The van der Waals surface area contributed by atoms with Gasteiger partial charge < -0.3 is 20.0 Å². The van der Waals surface area contributed by atoms with Gasteiger partial charge in [0.25, 0.3) is 0 Å². The zero-order chi connectivity index (χ0) is 14.8. The number of nitrogens with two attached hydrogens (primary N) is 1. The molecule has 21 heavy (non-hydrogen) atoms. The van der Waals surface area contributed by atoms with Crippen molar-refractivity contribution in [2.75, 3.05) is 4.90 Å². The number of furan rings is 1. The van der Waals surface area contributed by atoms with Crippen LogP contribution in [0.4, 0.5) is 5.82 Å². The molecule has 3 N–H and O–H groups in total. The Hall–Kier alpha value is -1.72. The summed E-state index contributed by atoms with van der Waals surface area (Å²) in [5.74, 6) is 1.82. The number of aliphatic imine (C=N–C) groups is 1. The first-order valence-electron chi connectivity index (χ1n) is 7.11. The van der Waals surface area contributed by atoms with Crippen LogP contribution in [0, 0.1) is 0 Å². The van der Waals surface area contributed by atoms with Crippen LogP contribution in [0.5, 0.6) is 0 Å². The van der Waals surface area contributed by atoms with E-state index in [-0.39, 0.29) is 6.04 Å². The minimum Gasteiger partial charge on any atom is -0.467 e. The van der Waals surface area contributed by atoms with Crippen LogP contribution >= 0.6 is 11.6 Å². The van der Waals surface area contributed by atoms with Gasteiger partial charge >= 0.3 is 0 Å². The van der Waals surface area contributed by atoms with Crippen molar-refractivity contribution < 1.29 is 4.42 Å². The molecule has 3 heterocycles. The van der Waals surface area contributed by atoms with E-state index in [2.05, 4.69) is 23.0 Å². The second-order valence-electron chi connectivity index (χ2n) is 5.27. The second kappa shape index (κ2) is 5.95. The number of hydrogen-bond acceptors (Lipinski definition) is 4. The third kappa shape index (κ3) is 2.99. The Balaban J connectivity index is 1.85. The Labute approximate surface area is 128 Å². The van der Waals surface area contributed by atoms with E-state index >= 15 is 0 Å². The summed E-state index contributed by atoms with van der Waals surface area (Å²) >= 11 is 6.31. The van der Waals surface area contributed by atoms with Gasteiger partial charge in [-0.05, 0) is 24.6 Å². The molecule has 2 aromatic heterocycles. The first kappa shape index (κ1) is 14.2. The molecule has 6 heteroatoms. The molecule has 1 aliphatic heterocycles. The van der Waals surface area contributed by atoms with Crippen molar-refractivity contribution >= 4 is 23.6 Å². The molecule has 0 aromatic carbocycles. The highest BCUT2D eigenvalue weighted by Crippen LogP contribution is 2.29. The molecule has 0 spiro atoms. The molecule has 112 valence electrons. The van der Waals surface area contributed by atoms with Crippen LogP contribution in [0.2, 0.25) is 0 Å². The van der Waals surface area contributed by atoms with Crippen LogP contribution in [0.3, 0.4) is 0 Å². The molecule has 2 aromatic rings. The highest BCUT2D eigenvalue weighted by atomic mass is 35.5. The van der Waals surface area contributed by atoms with Crippen molar-refractivity contribution in [3.8, 4) is 0 Å². The number of H-pyrrole nitrogens is 1. The van der Waals surface area contributed by atoms with E-state index in [1.165, 1.54) is 0 Å². The standard InChI is InChI=1S/C15H19ClN4O/c1-2-11(17)7-12-6-10-8-18-15(16)20(14(10)19-12)9-13-4-3-5-21-13/h3-6,8,11,15,19H,2,7,9,17H2,1H3/t11-,15?/m0/s1. The van der Waals surface area contributed by atoms with Crippen molar-refractivity contribution in [1.29, 1.82) is 0 Å². The average molecular weight is 307 g/mol. The number of aromatic nitrogens is 1. The van der Waals surface area contributed by atoms with Gasteiger partial charge in [-0.2, -0.15) is 0 Å². The Morgan fingerprint density at radius 3 is 3.14 bits per heavy atom. The van der Waals surface area contributed by atoms with Gasteiger partial charge in [0.2, 0.25) is 0 Å². The summed E-state index contributed by atoms with van der Waals surface area (Å²) in [5, 5.41) is 0. The fourth-order valence-corrected chi connectivity index (χ4v) is 2.67. The lowest BCUT2D eigenvalue weighted by Gasteiger charge is -2.28. The molecule has 0 aliphatic carbocycles. The van der Waals surface area contributed by atoms with E-state index in [4.69, 9.17) is 21.8 Å². The smallest absolute Gasteiger partial charge is 0.199 e. The molecule has 0 fully saturated rings. The zero-order valence-electron chi connectivity index (χ0n) is 11.9. The molecule has 0 bridgehead atoms.